The molecule has 3 rings (SSSR count). The van der Waals surface area contributed by atoms with E-state index >= 15 is 0 Å². The highest BCUT2D eigenvalue weighted by molar-refractivity contribution is 7.89. The van der Waals surface area contributed by atoms with Crippen LogP contribution < -0.4 is 5.32 Å². The Bertz CT molecular complexity index is 942. The van der Waals surface area contributed by atoms with E-state index < -0.39 is 10.0 Å². The average molecular weight is 415 g/mol. The first-order chi connectivity index (χ1) is 13.8. The molecule has 0 saturated heterocycles. The van der Waals surface area contributed by atoms with Gasteiger partial charge in [-0.2, -0.15) is 4.31 Å². The van der Waals surface area contributed by atoms with Gasteiger partial charge in [0.05, 0.1) is 4.90 Å². The second kappa shape index (κ2) is 9.09. The van der Waals surface area contributed by atoms with Gasteiger partial charge in [-0.05, 0) is 74.2 Å². The summed E-state index contributed by atoms with van der Waals surface area (Å²) in [5.74, 6) is -0.251. The second-order valence-electron chi connectivity index (χ2n) is 7.86. The van der Waals surface area contributed by atoms with Crippen molar-refractivity contribution < 1.29 is 13.2 Å². The first kappa shape index (κ1) is 21.5. The Morgan fingerprint density at radius 3 is 2.14 bits per heavy atom. The van der Waals surface area contributed by atoms with Crippen molar-refractivity contribution >= 4 is 21.6 Å². The topological polar surface area (TPSA) is 66.5 Å². The first-order valence-electron chi connectivity index (χ1n) is 10.3. The van der Waals surface area contributed by atoms with Crippen molar-refractivity contribution in [1.29, 1.82) is 0 Å². The highest BCUT2D eigenvalue weighted by atomic mass is 32.2. The van der Waals surface area contributed by atoms with Gasteiger partial charge in [0.1, 0.15) is 0 Å². The maximum absolute atomic E-state index is 13.1. The van der Waals surface area contributed by atoms with Gasteiger partial charge in [-0.15, -0.1) is 0 Å². The quantitative estimate of drug-likeness (QED) is 0.731. The summed E-state index contributed by atoms with van der Waals surface area (Å²) in [7, 11) is -3.56. The molecule has 1 saturated carbocycles. The lowest BCUT2D eigenvalue weighted by molar-refractivity contribution is 0.102. The SMILES string of the molecule is CCN(C1CCCCC1)S(=O)(=O)c1ccc(C(=O)Nc2cc(C)cc(C)c2)cc1. The van der Waals surface area contributed by atoms with Gasteiger partial charge in [0, 0.05) is 23.8 Å². The monoisotopic (exact) mass is 414 g/mol. The largest absolute Gasteiger partial charge is 0.322 e. The highest BCUT2D eigenvalue weighted by Gasteiger charge is 2.31. The molecule has 0 aromatic heterocycles. The van der Waals surface area contributed by atoms with E-state index in [2.05, 4.69) is 5.32 Å². The number of benzene rings is 2. The van der Waals surface area contributed by atoms with E-state index in [1.54, 1.807) is 16.4 Å². The van der Waals surface area contributed by atoms with Crippen molar-refractivity contribution in [2.45, 2.75) is 63.8 Å². The molecule has 1 N–H and O–H groups in total. The van der Waals surface area contributed by atoms with E-state index in [0.717, 1.165) is 42.5 Å². The van der Waals surface area contributed by atoms with Gasteiger partial charge in [-0.25, -0.2) is 8.42 Å². The van der Waals surface area contributed by atoms with E-state index in [-0.39, 0.29) is 16.8 Å². The Morgan fingerprint density at radius 2 is 1.59 bits per heavy atom. The zero-order chi connectivity index (χ0) is 21.0. The van der Waals surface area contributed by atoms with E-state index in [1.807, 2.05) is 39.0 Å². The van der Waals surface area contributed by atoms with Gasteiger partial charge in [0.2, 0.25) is 10.0 Å². The molecule has 0 heterocycles. The Labute approximate surface area is 174 Å². The Hall–Kier alpha value is -2.18. The van der Waals surface area contributed by atoms with Crippen LogP contribution in [0.3, 0.4) is 0 Å². The van der Waals surface area contributed by atoms with E-state index in [9.17, 15) is 13.2 Å². The number of nitrogens with one attached hydrogen (secondary N) is 1. The molecule has 2 aromatic rings. The lowest BCUT2D eigenvalue weighted by Crippen LogP contribution is -2.41. The van der Waals surface area contributed by atoms with Gasteiger partial charge < -0.3 is 5.32 Å². The lowest BCUT2D eigenvalue weighted by atomic mass is 9.95. The van der Waals surface area contributed by atoms with Crippen LogP contribution in [0.2, 0.25) is 0 Å². The van der Waals surface area contributed by atoms with Crippen LogP contribution >= 0.6 is 0 Å². The molecule has 156 valence electrons. The van der Waals surface area contributed by atoms with Crippen LogP contribution in [0.4, 0.5) is 5.69 Å². The van der Waals surface area contributed by atoms with Gasteiger partial charge in [0.15, 0.2) is 0 Å². The number of sulfonamides is 1. The fourth-order valence-corrected chi connectivity index (χ4v) is 5.85. The summed E-state index contributed by atoms with van der Waals surface area (Å²) in [5.41, 5.74) is 3.32. The number of amides is 1. The van der Waals surface area contributed by atoms with E-state index in [1.165, 1.54) is 18.6 Å². The number of carbonyl (C=O) groups excluding carboxylic acids is 1. The number of carbonyl (C=O) groups is 1. The number of rotatable bonds is 6. The van der Waals surface area contributed by atoms with Crippen molar-refractivity contribution in [2.75, 3.05) is 11.9 Å². The van der Waals surface area contributed by atoms with Crippen molar-refractivity contribution in [1.82, 2.24) is 4.31 Å². The summed E-state index contributed by atoms with van der Waals surface area (Å²) in [6, 6.07) is 12.2. The number of anilines is 1. The lowest BCUT2D eigenvalue weighted by Gasteiger charge is -2.32. The predicted octanol–water partition coefficient (Wildman–Crippen LogP) is 4.90. The smallest absolute Gasteiger partial charge is 0.255 e. The summed E-state index contributed by atoms with van der Waals surface area (Å²) >= 11 is 0. The van der Waals surface area contributed by atoms with Crippen LogP contribution in [0.25, 0.3) is 0 Å². The first-order valence-corrected chi connectivity index (χ1v) is 11.8. The Kier molecular flexibility index (Phi) is 6.75. The predicted molar refractivity (Wildman–Crippen MR) is 117 cm³/mol. The van der Waals surface area contributed by atoms with Gasteiger partial charge in [0.25, 0.3) is 5.91 Å². The van der Waals surface area contributed by atoms with Crippen LogP contribution in [0.1, 0.15) is 60.5 Å². The molecular formula is C23H30N2O3S. The van der Waals surface area contributed by atoms with Crippen LogP contribution in [0.15, 0.2) is 47.4 Å². The third kappa shape index (κ3) is 5.06. The summed E-state index contributed by atoms with van der Waals surface area (Å²) in [4.78, 5) is 12.8. The maximum Gasteiger partial charge on any atom is 0.255 e. The minimum Gasteiger partial charge on any atom is -0.322 e. The summed E-state index contributed by atoms with van der Waals surface area (Å²) < 4.78 is 27.9. The molecule has 0 aliphatic heterocycles. The van der Waals surface area contributed by atoms with Crippen molar-refractivity contribution in [3.8, 4) is 0 Å². The van der Waals surface area contributed by atoms with Crippen LogP contribution in [0, 0.1) is 13.8 Å². The molecule has 1 aliphatic rings. The minimum atomic E-state index is -3.56. The fraction of sp³-hybridized carbons (Fsp3) is 0.435. The Morgan fingerprint density at radius 1 is 1.00 bits per heavy atom. The Balaban J connectivity index is 1.76. The molecule has 2 aromatic carbocycles. The molecule has 0 atom stereocenters. The average Bonchev–Trinajstić information content (AvgIpc) is 2.68. The third-order valence-corrected chi connectivity index (χ3v) is 7.54. The highest BCUT2D eigenvalue weighted by Crippen LogP contribution is 2.28. The normalized spacial score (nSPS) is 15.4. The van der Waals surface area contributed by atoms with Gasteiger partial charge in [-0.1, -0.05) is 32.3 Å². The van der Waals surface area contributed by atoms with Crippen molar-refractivity contribution in [3.05, 3.63) is 59.2 Å². The van der Waals surface area contributed by atoms with Crippen LogP contribution in [0.5, 0.6) is 0 Å². The molecule has 0 bridgehead atoms. The number of nitrogens with zero attached hydrogens (tertiary/aromatic N) is 1. The van der Waals surface area contributed by atoms with Gasteiger partial charge >= 0.3 is 0 Å². The molecule has 5 nitrogen and oxygen atoms in total. The molecule has 29 heavy (non-hydrogen) atoms. The molecule has 0 radical (unpaired) electrons. The number of hydrogen-bond donors (Lipinski definition) is 1. The zero-order valence-electron chi connectivity index (χ0n) is 17.4. The van der Waals surface area contributed by atoms with Crippen molar-refractivity contribution in [2.24, 2.45) is 0 Å². The molecule has 1 aliphatic carbocycles. The van der Waals surface area contributed by atoms with E-state index in [0.29, 0.717) is 12.1 Å². The summed E-state index contributed by atoms with van der Waals surface area (Å²) in [6.45, 7) is 6.31. The molecule has 0 spiro atoms. The number of aryl methyl sites for hydroxylation is 2. The molecule has 6 heteroatoms. The van der Waals surface area contributed by atoms with Crippen molar-refractivity contribution in [3.63, 3.8) is 0 Å². The third-order valence-electron chi connectivity index (χ3n) is 5.50. The standard InChI is InChI=1S/C23H30N2O3S/c1-4-25(21-8-6-5-7-9-21)29(27,28)22-12-10-19(11-13-22)23(26)24-20-15-17(2)14-18(3)16-20/h10-16,21H,4-9H2,1-3H3,(H,24,26). The molecule has 1 fully saturated rings. The second-order valence-corrected chi connectivity index (χ2v) is 9.75. The summed E-state index contributed by atoms with van der Waals surface area (Å²) in [6.07, 6.45) is 5.17. The molecule has 1 amide bonds. The molecular weight excluding hydrogens is 384 g/mol. The van der Waals surface area contributed by atoms with Crippen LogP contribution in [-0.4, -0.2) is 31.2 Å². The zero-order valence-corrected chi connectivity index (χ0v) is 18.3. The maximum atomic E-state index is 13.1. The summed E-state index contributed by atoms with van der Waals surface area (Å²) in [5, 5.41) is 2.88. The minimum absolute atomic E-state index is 0.0753. The number of hydrogen-bond acceptors (Lipinski definition) is 3. The van der Waals surface area contributed by atoms with Crippen LogP contribution in [-0.2, 0) is 10.0 Å². The fourth-order valence-electron chi connectivity index (χ4n) is 4.16. The van der Waals surface area contributed by atoms with Gasteiger partial charge in [-0.3, -0.25) is 4.79 Å². The molecule has 0 unspecified atom stereocenters. The van der Waals surface area contributed by atoms with E-state index in [4.69, 9.17) is 0 Å².